The number of H-pyrrole nitrogens is 1. The Morgan fingerprint density at radius 3 is 2.70 bits per heavy atom. The lowest BCUT2D eigenvalue weighted by molar-refractivity contribution is 0.0678. The molecule has 0 saturated carbocycles. The fourth-order valence-electron chi connectivity index (χ4n) is 2.92. The topological polar surface area (TPSA) is 96.9 Å². The van der Waals surface area contributed by atoms with Crippen molar-refractivity contribution in [1.82, 2.24) is 30.0 Å². The number of carbonyl (C=O) groups excluding carboxylic acids is 1. The molecule has 3 heterocycles. The molecule has 0 radical (unpaired) electrons. The fourth-order valence-corrected chi connectivity index (χ4v) is 2.92. The lowest BCUT2D eigenvalue weighted by Gasteiger charge is -2.22. The van der Waals surface area contributed by atoms with Crippen molar-refractivity contribution < 1.29 is 9.53 Å². The summed E-state index contributed by atoms with van der Waals surface area (Å²) in [6.45, 7) is 5.96. The van der Waals surface area contributed by atoms with Crippen LogP contribution < -0.4 is 0 Å². The maximum absolute atomic E-state index is 12.9. The minimum absolute atomic E-state index is 0.0354. The lowest BCUT2D eigenvalue weighted by Crippen LogP contribution is -2.33. The Balaban J connectivity index is 1.92. The van der Waals surface area contributed by atoms with Crippen LogP contribution in [0.3, 0.4) is 0 Å². The predicted molar refractivity (Wildman–Crippen MR) is 81.8 cm³/mol. The average molecular weight is 316 g/mol. The third kappa shape index (κ3) is 3.07. The van der Waals surface area contributed by atoms with Gasteiger partial charge in [-0.05, 0) is 26.8 Å². The van der Waals surface area contributed by atoms with Gasteiger partial charge in [0.05, 0.1) is 12.1 Å². The summed E-state index contributed by atoms with van der Waals surface area (Å²) in [6.07, 6.45) is 0.634. The summed E-state index contributed by atoms with van der Waals surface area (Å²) in [5.74, 6) is 1.77. The molecule has 2 aromatic rings. The van der Waals surface area contributed by atoms with Gasteiger partial charge in [0.15, 0.2) is 5.82 Å². The maximum Gasteiger partial charge on any atom is 0.273 e. The minimum Gasteiger partial charge on any atom is -0.380 e. The SMILES string of the molecule is CO[C@@H]1C[C@@H](c2n[nH]c(C)n2)N(C(=O)c2cc(C)nc(C)n2)C1. The van der Waals surface area contributed by atoms with E-state index in [-0.39, 0.29) is 18.1 Å². The number of aryl methyl sites for hydroxylation is 3. The van der Waals surface area contributed by atoms with Gasteiger partial charge in [-0.25, -0.2) is 15.0 Å². The molecule has 0 spiro atoms. The molecule has 8 nitrogen and oxygen atoms in total. The second-order valence-electron chi connectivity index (χ2n) is 5.79. The molecule has 0 bridgehead atoms. The van der Waals surface area contributed by atoms with Crippen LogP contribution in [-0.2, 0) is 4.74 Å². The number of amides is 1. The Hall–Kier alpha value is -2.35. The van der Waals surface area contributed by atoms with Crippen LogP contribution >= 0.6 is 0 Å². The third-order valence-electron chi connectivity index (χ3n) is 3.95. The van der Waals surface area contributed by atoms with Gasteiger partial charge >= 0.3 is 0 Å². The van der Waals surface area contributed by atoms with E-state index < -0.39 is 0 Å². The van der Waals surface area contributed by atoms with Gasteiger partial charge < -0.3 is 9.64 Å². The van der Waals surface area contributed by atoms with Crippen molar-refractivity contribution in [1.29, 1.82) is 0 Å². The Kier molecular flexibility index (Phi) is 4.08. The Morgan fingerprint density at radius 2 is 2.09 bits per heavy atom. The zero-order valence-electron chi connectivity index (χ0n) is 13.7. The molecule has 23 heavy (non-hydrogen) atoms. The summed E-state index contributed by atoms with van der Waals surface area (Å²) in [5.41, 5.74) is 1.16. The maximum atomic E-state index is 12.9. The normalized spacial score (nSPS) is 21.0. The molecule has 1 saturated heterocycles. The highest BCUT2D eigenvalue weighted by molar-refractivity contribution is 5.93. The number of ether oxygens (including phenoxy) is 1. The number of nitrogens with one attached hydrogen (secondary N) is 1. The van der Waals surface area contributed by atoms with Crippen LogP contribution in [-0.4, -0.2) is 55.7 Å². The van der Waals surface area contributed by atoms with Gasteiger partial charge in [-0.2, -0.15) is 5.10 Å². The van der Waals surface area contributed by atoms with Gasteiger partial charge in [0.1, 0.15) is 17.3 Å². The smallest absolute Gasteiger partial charge is 0.273 e. The second kappa shape index (κ2) is 6.04. The van der Waals surface area contributed by atoms with Gasteiger partial charge in [-0.3, -0.25) is 9.89 Å². The first-order valence-electron chi connectivity index (χ1n) is 7.53. The highest BCUT2D eigenvalue weighted by Crippen LogP contribution is 2.32. The van der Waals surface area contributed by atoms with Crippen molar-refractivity contribution in [2.24, 2.45) is 0 Å². The minimum atomic E-state index is -0.215. The number of aromatic amines is 1. The number of carbonyl (C=O) groups is 1. The van der Waals surface area contributed by atoms with Crippen LogP contribution in [0.25, 0.3) is 0 Å². The summed E-state index contributed by atoms with van der Waals surface area (Å²) < 4.78 is 5.44. The molecule has 8 heteroatoms. The van der Waals surface area contributed by atoms with Crippen molar-refractivity contribution >= 4 is 5.91 Å². The van der Waals surface area contributed by atoms with E-state index in [1.54, 1.807) is 25.0 Å². The van der Waals surface area contributed by atoms with Crippen LogP contribution in [0, 0.1) is 20.8 Å². The van der Waals surface area contributed by atoms with E-state index in [4.69, 9.17) is 4.74 Å². The molecular formula is C15H20N6O2. The number of hydrogen-bond acceptors (Lipinski definition) is 6. The van der Waals surface area contributed by atoms with Crippen molar-refractivity contribution in [3.63, 3.8) is 0 Å². The Bertz CT molecular complexity index is 708. The Morgan fingerprint density at radius 1 is 1.30 bits per heavy atom. The van der Waals surface area contributed by atoms with Gasteiger partial charge in [0.25, 0.3) is 5.91 Å². The van der Waals surface area contributed by atoms with Crippen molar-refractivity contribution in [2.75, 3.05) is 13.7 Å². The van der Waals surface area contributed by atoms with E-state index in [1.165, 1.54) is 0 Å². The molecule has 1 fully saturated rings. The summed E-state index contributed by atoms with van der Waals surface area (Å²) in [5, 5.41) is 7.04. The average Bonchev–Trinajstić information content (AvgIpc) is 3.11. The number of nitrogens with zero attached hydrogens (tertiary/aromatic N) is 5. The van der Waals surface area contributed by atoms with E-state index in [1.807, 2.05) is 13.8 Å². The van der Waals surface area contributed by atoms with Gasteiger partial charge in [0.2, 0.25) is 0 Å². The van der Waals surface area contributed by atoms with Crippen LogP contribution in [0.15, 0.2) is 6.07 Å². The highest BCUT2D eigenvalue weighted by Gasteiger charge is 2.39. The first kappa shape index (κ1) is 15.5. The number of likely N-dealkylation sites (tertiary alicyclic amines) is 1. The second-order valence-corrected chi connectivity index (χ2v) is 5.79. The molecule has 1 N–H and O–H groups in total. The molecule has 3 rings (SSSR count). The lowest BCUT2D eigenvalue weighted by atomic mass is 10.2. The highest BCUT2D eigenvalue weighted by atomic mass is 16.5. The van der Waals surface area contributed by atoms with Crippen LogP contribution in [0.4, 0.5) is 0 Å². The molecular weight excluding hydrogens is 296 g/mol. The first-order chi connectivity index (χ1) is 11.0. The fraction of sp³-hybridized carbons (Fsp3) is 0.533. The zero-order chi connectivity index (χ0) is 16.6. The van der Waals surface area contributed by atoms with Crippen LogP contribution in [0.5, 0.6) is 0 Å². The van der Waals surface area contributed by atoms with E-state index in [2.05, 4.69) is 25.1 Å². The number of methoxy groups -OCH3 is 1. The molecule has 0 aromatic carbocycles. The molecule has 1 amide bonds. The quantitative estimate of drug-likeness (QED) is 0.911. The number of rotatable bonds is 3. The molecule has 1 aliphatic rings. The van der Waals surface area contributed by atoms with E-state index in [9.17, 15) is 4.79 Å². The van der Waals surface area contributed by atoms with Crippen LogP contribution in [0.1, 0.15) is 46.1 Å². The molecule has 0 unspecified atom stereocenters. The van der Waals surface area contributed by atoms with Crippen molar-refractivity contribution in [3.05, 3.63) is 34.9 Å². The third-order valence-corrected chi connectivity index (χ3v) is 3.95. The molecule has 2 aromatic heterocycles. The largest absolute Gasteiger partial charge is 0.380 e. The van der Waals surface area contributed by atoms with Gasteiger partial charge in [-0.1, -0.05) is 0 Å². The van der Waals surface area contributed by atoms with E-state index in [0.29, 0.717) is 30.3 Å². The Labute approximate surface area is 134 Å². The standard InChI is InChI=1S/C15H20N6O2/c1-8-5-12(17-9(2)16-8)15(22)21-7-11(23-4)6-13(21)14-18-10(3)19-20-14/h5,11,13H,6-7H2,1-4H3,(H,18,19,20)/t11-,13+/m1/s1. The molecule has 1 aliphatic heterocycles. The van der Waals surface area contributed by atoms with Crippen LogP contribution in [0.2, 0.25) is 0 Å². The van der Waals surface area contributed by atoms with Crippen molar-refractivity contribution in [3.8, 4) is 0 Å². The predicted octanol–water partition coefficient (Wildman–Crippen LogP) is 1.12. The summed E-state index contributed by atoms with van der Waals surface area (Å²) in [4.78, 5) is 27.5. The summed E-state index contributed by atoms with van der Waals surface area (Å²) in [7, 11) is 1.65. The molecule has 0 aliphatic carbocycles. The molecule has 122 valence electrons. The zero-order valence-corrected chi connectivity index (χ0v) is 13.7. The number of hydrogen-bond donors (Lipinski definition) is 1. The van der Waals surface area contributed by atoms with E-state index >= 15 is 0 Å². The monoisotopic (exact) mass is 316 g/mol. The first-order valence-corrected chi connectivity index (χ1v) is 7.53. The van der Waals surface area contributed by atoms with Crippen molar-refractivity contribution in [2.45, 2.75) is 39.3 Å². The van der Waals surface area contributed by atoms with Gasteiger partial charge in [-0.15, -0.1) is 0 Å². The van der Waals surface area contributed by atoms with Gasteiger partial charge in [0, 0.05) is 25.8 Å². The van der Waals surface area contributed by atoms with E-state index in [0.717, 1.165) is 11.5 Å². The summed E-state index contributed by atoms with van der Waals surface area (Å²) in [6, 6.07) is 1.49. The summed E-state index contributed by atoms with van der Waals surface area (Å²) >= 11 is 0. The number of aromatic nitrogens is 5. The molecule has 2 atom stereocenters.